The highest BCUT2D eigenvalue weighted by atomic mass is 32.2. The molecule has 0 aliphatic rings. The Bertz CT molecular complexity index is 718. The molecule has 5 nitrogen and oxygen atoms in total. The smallest absolute Gasteiger partial charge is 0.232 e. The van der Waals surface area contributed by atoms with Crippen molar-refractivity contribution in [3.8, 4) is 17.2 Å². The van der Waals surface area contributed by atoms with Crippen molar-refractivity contribution in [2.45, 2.75) is 12.3 Å². The molecule has 0 N–H and O–H groups in total. The molecule has 0 saturated carbocycles. The molecule has 0 saturated heterocycles. The second-order valence-corrected chi connectivity index (χ2v) is 6.77. The minimum atomic E-state index is 0.0956. The highest BCUT2D eigenvalue weighted by molar-refractivity contribution is 7.99. The zero-order valence-electron chi connectivity index (χ0n) is 15.7. The lowest BCUT2D eigenvalue weighted by molar-refractivity contribution is -0.127. The van der Waals surface area contributed by atoms with Crippen molar-refractivity contribution in [3.63, 3.8) is 0 Å². The predicted octanol–water partition coefficient (Wildman–Crippen LogP) is 3.60. The summed E-state index contributed by atoms with van der Waals surface area (Å²) in [5, 5.41) is 0. The zero-order chi connectivity index (χ0) is 18.9. The Balaban J connectivity index is 1.83. The molecule has 0 bridgehead atoms. The number of thioether (sulfide) groups is 1. The van der Waals surface area contributed by atoms with Crippen LogP contribution in [-0.4, -0.2) is 44.9 Å². The van der Waals surface area contributed by atoms with Crippen molar-refractivity contribution in [3.05, 3.63) is 53.6 Å². The van der Waals surface area contributed by atoms with Gasteiger partial charge in [-0.15, -0.1) is 11.8 Å². The lowest BCUT2D eigenvalue weighted by Gasteiger charge is -2.18. The number of carbonyl (C=O) groups is 1. The average Bonchev–Trinajstić information content (AvgIpc) is 2.68. The highest BCUT2D eigenvalue weighted by Crippen LogP contribution is 2.28. The van der Waals surface area contributed by atoms with Gasteiger partial charge in [0.15, 0.2) is 11.5 Å². The molecule has 0 spiro atoms. The van der Waals surface area contributed by atoms with E-state index in [0.29, 0.717) is 23.8 Å². The Morgan fingerprint density at radius 1 is 0.923 bits per heavy atom. The fourth-order valence-electron chi connectivity index (χ4n) is 2.43. The first-order valence-corrected chi connectivity index (χ1v) is 9.38. The van der Waals surface area contributed by atoms with E-state index in [1.54, 1.807) is 38.0 Å². The summed E-state index contributed by atoms with van der Waals surface area (Å²) in [6.45, 7) is 0.530. The van der Waals surface area contributed by atoms with Gasteiger partial charge in [-0.3, -0.25) is 4.79 Å². The third-order valence-electron chi connectivity index (χ3n) is 3.95. The molecule has 2 aromatic rings. The van der Waals surface area contributed by atoms with Gasteiger partial charge in [-0.25, -0.2) is 0 Å². The van der Waals surface area contributed by atoms with E-state index in [2.05, 4.69) is 0 Å². The average molecular weight is 375 g/mol. The first-order valence-electron chi connectivity index (χ1n) is 8.23. The molecule has 0 aromatic heterocycles. The number of rotatable bonds is 9. The normalized spacial score (nSPS) is 10.3. The van der Waals surface area contributed by atoms with E-state index in [4.69, 9.17) is 14.2 Å². The van der Waals surface area contributed by atoms with Gasteiger partial charge < -0.3 is 19.1 Å². The largest absolute Gasteiger partial charge is 0.497 e. The van der Waals surface area contributed by atoms with Crippen LogP contribution in [0.3, 0.4) is 0 Å². The summed E-state index contributed by atoms with van der Waals surface area (Å²) in [7, 11) is 6.67. The van der Waals surface area contributed by atoms with Crippen molar-refractivity contribution in [2.24, 2.45) is 0 Å². The van der Waals surface area contributed by atoms with E-state index in [9.17, 15) is 4.79 Å². The van der Waals surface area contributed by atoms with E-state index in [0.717, 1.165) is 17.1 Å². The quantitative estimate of drug-likeness (QED) is 0.670. The summed E-state index contributed by atoms with van der Waals surface area (Å²) in [6.07, 6.45) is 0. The van der Waals surface area contributed by atoms with Gasteiger partial charge in [-0.1, -0.05) is 18.2 Å². The van der Waals surface area contributed by atoms with Crippen molar-refractivity contribution < 1.29 is 19.0 Å². The van der Waals surface area contributed by atoms with Crippen LogP contribution in [0.25, 0.3) is 0 Å². The van der Waals surface area contributed by atoms with Crippen LogP contribution >= 0.6 is 11.8 Å². The van der Waals surface area contributed by atoms with Crippen LogP contribution in [0.2, 0.25) is 0 Å². The third-order valence-corrected chi connectivity index (χ3v) is 4.94. The van der Waals surface area contributed by atoms with Gasteiger partial charge in [-0.05, 0) is 35.4 Å². The molecule has 0 heterocycles. The molecule has 2 aromatic carbocycles. The molecular formula is C20H25NO4S. The van der Waals surface area contributed by atoms with Gasteiger partial charge in [-0.2, -0.15) is 0 Å². The number of ether oxygens (including phenoxy) is 3. The molecule has 0 fully saturated rings. The number of carbonyl (C=O) groups excluding carboxylic acids is 1. The van der Waals surface area contributed by atoms with Crippen LogP contribution in [0.5, 0.6) is 17.2 Å². The van der Waals surface area contributed by atoms with Crippen LogP contribution in [0, 0.1) is 0 Å². The van der Waals surface area contributed by atoms with Crippen LogP contribution < -0.4 is 14.2 Å². The molecule has 0 aliphatic heterocycles. The predicted molar refractivity (Wildman–Crippen MR) is 105 cm³/mol. The number of benzene rings is 2. The molecule has 0 atom stereocenters. The minimum Gasteiger partial charge on any atom is -0.497 e. The Labute approximate surface area is 159 Å². The minimum absolute atomic E-state index is 0.0956. The standard InChI is InChI=1S/C20H25NO4S/c1-21(12-16-7-10-18(24-3)19(11-16)25-4)20(22)14-26-13-15-5-8-17(23-2)9-6-15/h5-11H,12-14H2,1-4H3. The second-order valence-electron chi connectivity index (χ2n) is 5.78. The summed E-state index contributed by atoms with van der Waals surface area (Å²) in [5.41, 5.74) is 2.17. The topological polar surface area (TPSA) is 48.0 Å². The summed E-state index contributed by atoms with van der Waals surface area (Å²) < 4.78 is 15.7. The van der Waals surface area contributed by atoms with Crippen LogP contribution in [0.1, 0.15) is 11.1 Å². The van der Waals surface area contributed by atoms with Gasteiger partial charge >= 0.3 is 0 Å². The fraction of sp³-hybridized carbons (Fsp3) is 0.350. The monoisotopic (exact) mass is 375 g/mol. The molecule has 1 amide bonds. The van der Waals surface area contributed by atoms with E-state index in [-0.39, 0.29) is 5.91 Å². The highest BCUT2D eigenvalue weighted by Gasteiger charge is 2.11. The number of amides is 1. The molecule has 2 rings (SSSR count). The summed E-state index contributed by atoms with van der Waals surface area (Å²) >= 11 is 1.60. The Morgan fingerprint density at radius 3 is 2.19 bits per heavy atom. The van der Waals surface area contributed by atoms with Gasteiger partial charge in [0.1, 0.15) is 5.75 Å². The SMILES string of the molecule is COc1ccc(CSCC(=O)N(C)Cc2ccc(OC)c(OC)c2)cc1. The maximum atomic E-state index is 12.3. The van der Waals surface area contributed by atoms with E-state index >= 15 is 0 Å². The summed E-state index contributed by atoms with van der Waals surface area (Å²) in [5.74, 6) is 3.51. The lowest BCUT2D eigenvalue weighted by Crippen LogP contribution is -2.27. The zero-order valence-corrected chi connectivity index (χ0v) is 16.5. The molecule has 6 heteroatoms. The molecule has 0 unspecified atom stereocenters. The first kappa shape index (κ1) is 20.0. The van der Waals surface area contributed by atoms with E-state index in [1.165, 1.54) is 5.56 Å². The van der Waals surface area contributed by atoms with Crippen molar-refractivity contribution in [1.29, 1.82) is 0 Å². The lowest BCUT2D eigenvalue weighted by atomic mass is 10.2. The molecule has 0 radical (unpaired) electrons. The number of hydrogen-bond acceptors (Lipinski definition) is 5. The van der Waals surface area contributed by atoms with E-state index in [1.807, 2.05) is 49.5 Å². The first-order chi connectivity index (χ1) is 12.6. The van der Waals surface area contributed by atoms with Crippen LogP contribution in [0.15, 0.2) is 42.5 Å². The second kappa shape index (κ2) is 9.97. The van der Waals surface area contributed by atoms with Crippen LogP contribution in [-0.2, 0) is 17.1 Å². The summed E-state index contributed by atoms with van der Waals surface area (Å²) in [6, 6.07) is 13.6. The number of nitrogens with zero attached hydrogens (tertiary/aromatic N) is 1. The maximum Gasteiger partial charge on any atom is 0.232 e. The Morgan fingerprint density at radius 2 is 1.58 bits per heavy atom. The molecule has 26 heavy (non-hydrogen) atoms. The van der Waals surface area contributed by atoms with Gasteiger partial charge in [0.25, 0.3) is 0 Å². The van der Waals surface area contributed by atoms with Crippen molar-refractivity contribution in [1.82, 2.24) is 4.90 Å². The molecule has 140 valence electrons. The van der Waals surface area contributed by atoms with Gasteiger partial charge in [0.05, 0.1) is 27.1 Å². The van der Waals surface area contributed by atoms with E-state index < -0.39 is 0 Å². The molecule has 0 aliphatic carbocycles. The summed E-state index contributed by atoms with van der Waals surface area (Å²) in [4.78, 5) is 14.1. The van der Waals surface area contributed by atoms with Crippen molar-refractivity contribution >= 4 is 17.7 Å². The van der Waals surface area contributed by atoms with Crippen LogP contribution in [0.4, 0.5) is 0 Å². The van der Waals surface area contributed by atoms with Gasteiger partial charge in [0, 0.05) is 19.3 Å². The maximum absolute atomic E-state index is 12.3. The third kappa shape index (κ3) is 5.59. The van der Waals surface area contributed by atoms with Crippen molar-refractivity contribution in [2.75, 3.05) is 34.1 Å². The number of methoxy groups -OCH3 is 3. The molecular weight excluding hydrogens is 350 g/mol. The van der Waals surface area contributed by atoms with Gasteiger partial charge in [0.2, 0.25) is 5.91 Å². The fourth-order valence-corrected chi connectivity index (χ4v) is 3.35. The Hall–Kier alpha value is -2.34. The number of hydrogen-bond donors (Lipinski definition) is 0. The Kier molecular flexibility index (Phi) is 7.66.